The molecule has 1 aromatic rings. The van der Waals surface area contributed by atoms with Crippen molar-refractivity contribution >= 4 is 17.3 Å². The van der Waals surface area contributed by atoms with Crippen LogP contribution in [0.3, 0.4) is 0 Å². The minimum absolute atomic E-state index is 0.0193. The van der Waals surface area contributed by atoms with Crippen LogP contribution in [0.2, 0.25) is 0 Å². The topological polar surface area (TPSA) is 67.6 Å². The highest BCUT2D eigenvalue weighted by Crippen LogP contribution is 2.32. The number of nitrogens with zero attached hydrogens (tertiary/aromatic N) is 1. The zero-order chi connectivity index (χ0) is 11.5. The van der Waals surface area contributed by atoms with Crippen LogP contribution in [-0.4, -0.2) is 32.7 Å². The molecule has 1 aliphatic heterocycles. The quantitative estimate of drug-likeness (QED) is 0.776. The molecule has 1 aromatic carbocycles. The summed E-state index contributed by atoms with van der Waals surface area (Å²) in [6.45, 7) is 1.56. The highest BCUT2D eigenvalue weighted by molar-refractivity contribution is 6.01. The molecule has 5 nitrogen and oxygen atoms in total. The summed E-state index contributed by atoms with van der Waals surface area (Å²) in [6.07, 6.45) is 0. The van der Waals surface area contributed by atoms with E-state index in [0.717, 1.165) is 17.1 Å². The maximum absolute atomic E-state index is 11.5. The van der Waals surface area contributed by atoms with Gasteiger partial charge in [0.05, 0.1) is 25.0 Å². The van der Waals surface area contributed by atoms with E-state index in [-0.39, 0.29) is 5.91 Å². The highest BCUT2D eigenvalue weighted by atomic mass is 16.5. The van der Waals surface area contributed by atoms with E-state index in [1.54, 1.807) is 7.11 Å². The first-order valence-electron chi connectivity index (χ1n) is 5.17. The molecule has 0 aliphatic carbocycles. The number of hydrogen-bond acceptors (Lipinski definition) is 4. The van der Waals surface area contributed by atoms with Crippen molar-refractivity contribution < 1.29 is 9.53 Å². The predicted octanol–water partition coefficient (Wildman–Crippen LogP) is 0.412. The summed E-state index contributed by atoms with van der Waals surface area (Å²) in [5, 5.41) is 2.82. The van der Waals surface area contributed by atoms with Gasteiger partial charge in [-0.2, -0.15) is 0 Å². The zero-order valence-corrected chi connectivity index (χ0v) is 9.19. The third-order valence-corrected chi connectivity index (χ3v) is 2.55. The Morgan fingerprint density at radius 2 is 2.38 bits per heavy atom. The number of carbonyl (C=O) groups excluding carboxylic acids is 1. The van der Waals surface area contributed by atoms with Gasteiger partial charge in [-0.05, 0) is 12.1 Å². The molecule has 0 saturated heterocycles. The SMILES string of the molecule is COc1ccc2c(c1)NC(=O)CN2CCN. The molecular formula is C11H15N3O2. The van der Waals surface area contributed by atoms with E-state index < -0.39 is 0 Å². The van der Waals surface area contributed by atoms with Crippen LogP contribution in [0.25, 0.3) is 0 Å². The molecule has 86 valence electrons. The summed E-state index contributed by atoms with van der Waals surface area (Å²) < 4.78 is 5.12. The number of carbonyl (C=O) groups is 1. The van der Waals surface area contributed by atoms with Crippen molar-refractivity contribution in [1.82, 2.24) is 0 Å². The van der Waals surface area contributed by atoms with Crippen molar-refractivity contribution in [2.75, 3.05) is 37.0 Å². The van der Waals surface area contributed by atoms with Crippen LogP contribution >= 0.6 is 0 Å². The Bertz CT molecular complexity index is 406. The maximum atomic E-state index is 11.5. The smallest absolute Gasteiger partial charge is 0.243 e. The van der Waals surface area contributed by atoms with Gasteiger partial charge < -0.3 is 20.7 Å². The molecule has 0 bridgehead atoms. The Hall–Kier alpha value is -1.75. The average Bonchev–Trinajstić information content (AvgIpc) is 2.28. The Labute approximate surface area is 94.2 Å². The fourth-order valence-electron chi connectivity index (χ4n) is 1.82. The number of anilines is 2. The van der Waals surface area contributed by atoms with Gasteiger partial charge in [-0.1, -0.05) is 0 Å². The molecule has 3 N–H and O–H groups in total. The Kier molecular flexibility index (Phi) is 2.96. The maximum Gasteiger partial charge on any atom is 0.243 e. The molecule has 1 aliphatic rings. The lowest BCUT2D eigenvalue weighted by Crippen LogP contribution is -2.40. The van der Waals surface area contributed by atoms with E-state index in [0.29, 0.717) is 19.6 Å². The number of benzene rings is 1. The predicted molar refractivity (Wildman–Crippen MR) is 62.9 cm³/mol. The minimum atomic E-state index is -0.0193. The number of nitrogens with one attached hydrogen (secondary N) is 1. The van der Waals surface area contributed by atoms with Crippen molar-refractivity contribution in [3.63, 3.8) is 0 Å². The first-order valence-corrected chi connectivity index (χ1v) is 5.17. The number of fused-ring (bicyclic) bond motifs is 1. The van der Waals surface area contributed by atoms with E-state index in [1.807, 2.05) is 23.1 Å². The molecular weight excluding hydrogens is 206 g/mol. The molecule has 16 heavy (non-hydrogen) atoms. The number of methoxy groups -OCH3 is 1. The largest absolute Gasteiger partial charge is 0.497 e. The van der Waals surface area contributed by atoms with Gasteiger partial charge >= 0.3 is 0 Å². The van der Waals surface area contributed by atoms with Gasteiger partial charge in [-0.3, -0.25) is 4.79 Å². The van der Waals surface area contributed by atoms with E-state index in [1.165, 1.54) is 0 Å². The molecule has 0 saturated carbocycles. The van der Waals surface area contributed by atoms with Crippen LogP contribution in [0.4, 0.5) is 11.4 Å². The van der Waals surface area contributed by atoms with Gasteiger partial charge in [0.1, 0.15) is 5.75 Å². The number of hydrogen-bond donors (Lipinski definition) is 2. The Balaban J connectivity index is 2.35. The van der Waals surface area contributed by atoms with Gasteiger partial charge in [0.2, 0.25) is 5.91 Å². The third-order valence-electron chi connectivity index (χ3n) is 2.55. The molecule has 5 heteroatoms. The van der Waals surface area contributed by atoms with Gasteiger partial charge in [0.25, 0.3) is 0 Å². The van der Waals surface area contributed by atoms with E-state index >= 15 is 0 Å². The molecule has 1 amide bonds. The van der Waals surface area contributed by atoms with Gasteiger partial charge in [0, 0.05) is 19.2 Å². The summed E-state index contributed by atoms with van der Waals surface area (Å²) in [4.78, 5) is 13.4. The number of ether oxygens (including phenoxy) is 1. The van der Waals surface area contributed by atoms with Gasteiger partial charge in [-0.15, -0.1) is 0 Å². The van der Waals surface area contributed by atoms with Crippen LogP contribution in [0.1, 0.15) is 0 Å². The van der Waals surface area contributed by atoms with Crippen LogP contribution in [0.5, 0.6) is 5.75 Å². The summed E-state index contributed by atoms with van der Waals surface area (Å²) in [5.74, 6) is 0.711. The van der Waals surface area contributed by atoms with Crippen molar-refractivity contribution in [3.05, 3.63) is 18.2 Å². The fraction of sp³-hybridized carbons (Fsp3) is 0.364. The van der Waals surface area contributed by atoms with Crippen LogP contribution in [-0.2, 0) is 4.79 Å². The molecule has 0 atom stereocenters. The monoisotopic (exact) mass is 221 g/mol. The highest BCUT2D eigenvalue weighted by Gasteiger charge is 2.21. The van der Waals surface area contributed by atoms with Gasteiger partial charge in [0.15, 0.2) is 0 Å². The lowest BCUT2D eigenvalue weighted by atomic mass is 10.2. The number of nitrogens with two attached hydrogens (primary N) is 1. The standard InChI is InChI=1S/C11H15N3O2/c1-16-8-2-3-10-9(6-8)13-11(15)7-14(10)5-4-12/h2-3,6H,4-5,7,12H2,1H3,(H,13,15). The lowest BCUT2D eigenvalue weighted by molar-refractivity contribution is -0.115. The molecule has 0 spiro atoms. The van der Waals surface area contributed by atoms with E-state index in [4.69, 9.17) is 10.5 Å². The Morgan fingerprint density at radius 3 is 3.06 bits per heavy atom. The summed E-state index contributed by atoms with van der Waals surface area (Å²) >= 11 is 0. The van der Waals surface area contributed by atoms with Crippen LogP contribution < -0.4 is 20.7 Å². The first-order chi connectivity index (χ1) is 7.74. The van der Waals surface area contributed by atoms with Gasteiger partial charge in [-0.25, -0.2) is 0 Å². The third kappa shape index (κ3) is 1.94. The summed E-state index contributed by atoms with van der Waals surface area (Å²) in [7, 11) is 1.60. The summed E-state index contributed by atoms with van der Waals surface area (Å²) in [6, 6.07) is 5.62. The van der Waals surface area contributed by atoms with Crippen molar-refractivity contribution in [3.8, 4) is 5.75 Å². The van der Waals surface area contributed by atoms with Crippen molar-refractivity contribution in [2.24, 2.45) is 5.73 Å². The average molecular weight is 221 g/mol. The second-order valence-corrected chi connectivity index (χ2v) is 3.64. The lowest BCUT2D eigenvalue weighted by Gasteiger charge is -2.30. The number of rotatable bonds is 3. The molecule has 1 heterocycles. The number of amides is 1. The Morgan fingerprint density at radius 1 is 1.56 bits per heavy atom. The summed E-state index contributed by atoms with van der Waals surface area (Å²) in [5.41, 5.74) is 7.29. The molecule has 0 unspecified atom stereocenters. The second-order valence-electron chi connectivity index (χ2n) is 3.64. The normalized spacial score (nSPS) is 14.4. The molecule has 0 fully saturated rings. The van der Waals surface area contributed by atoms with Crippen molar-refractivity contribution in [2.45, 2.75) is 0 Å². The fourth-order valence-corrected chi connectivity index (χ4v) is 1.82. The van der Waals surface area contributed by atoms with Crippen LogP contribution in [0.15, 0.2) is 18.2 Å². The van der Waals surface area contributed by atoms with E-state index in [9.17, 15) is 4.79 Å². The minimum Gasteiger partial charge on any atom is -0.497 e. The second kappa shape index (κ2) is 4.40. The first kappa shape index (κ1) is 10.8. The van der Waals surface area contributed by atoms with E-state index in [2.05, 4.69) is 5.32 Å². The molecule has 0 radical (unpaired) electrons. The molecule has 2 rings (SSSR count). The van der Waals surface area contributed by atoms with Crippen molar-refractivity contribution in [1.29, 1.82) is 0 Å². The molecule has 0 aromatic heterocycles. The van der Waals surface area contributed by atoms with Crippen LogP contribution in [0, 0.1) is 0 Å². The zero-order valence-electron chi connectivity index (χ0n) is 9.19.